The smallest absolute Gasteiger partial charge is 0.249 e. The second-order valence-electron chi connectivity index (χ2n) is 5.78. The molecule has 1 N–H and O–H groups in total. The van der Waals surface area contributed by atoms with E-state index in [2.05, 4.69) is 21.2 Å². The molecule has 1 aromatic rings. The van der Waals surface area contributed by atoms with Gasteiger partial charge < -0.3 is 10.2 Å². The van der Waals surface area contributed by atoms with Crippen LogP contribution in [0.25, 0.3) is 0 Å². The summed E-state index contributed by atoms with van der Waals surface area (Å²) in [5, 5.41) is 2.87. The zero-order chi connectivity index (χ0) is 15.0. The summed E-state index contributed by atoms with van der Waals surface area (Å²) in [6.07, 6.45) is 3.29. The Labute approximate surface area is 130 Å². The molecule has 1 aromatic carbocycles. The third-order valence-corrected chi connectivity index (χ3v) is 4.62. The summed E-state index contributed by atoms with van der Waals surface area (Å²) >= 11 is 3.24. The van der Waals surface area contributed by atoms with E-state index in [9.17, 15) is 14.0 Å². The van der Waals surface area contributed by atoms with Gasteiger partial charge in [0.2, 0.25) is 11.8 Å². The van der Waals surface area contributed by atoms with E-state index in [0.29, 0.717) is 22.9 Å². The second kappa shape index (κ2) is 5.40. The van der Waals surface area contributed by atoms with Gasteiger partial charge in [-0.2, -0.15) is 0 Å². The summed E-state index contributed by atoms with van der Waals surface area (Å²) in [6.45, 7) is 0.291. The van der Waals surface area contributed by atoms with E-state index < -0.39 is 5.54 Å². The van der Waals surface area contributed by atoms with Gasteiger partial charge in [-0.15, -0.1) is 0 Å². The van der Waals surface area contributed by atoms with Crippen LogP contribution in [0.5, 0.6) is 0 Å². The average Bonchev–Trinajstić information content (AvgIpc) is 2.83. The van der Waals surface area contributed by atoms with E-state index in [-0.39, 0.29) is 30.7 Å². The predicted octanol–water partition coefficient (Wildman–Crippen LogP) is 2.36. The molecule has 2 fully saturated rings. The highest BCUT2D eigenvalue weighted by atomic mass is 79.9. The van der Waals surface area contributed by atoms with Crippen LogP contribution in [0.1, 0.15) is 31.2 Å². The molecule has 1 saturated carbocycles. The molecule has 0 bridgehead atoms. The van der Waals surface area contributed by atoms with Gasteiger partial charge in [-0.1, -0.05) is 28.8 Å². The number of amides is 2. The Kier molecular flexibility index (Phi) is 3.73. The second-order valence-corrected chi connectivity index (χ2v) is 6.69. The first-order valence-electron chi connectivity index (χ1n) is 7.04. The molecule has 1 saturated heterocycles. The number of nitrogens with one attached hydrogen (secondary N) is 1. The van der Waals surface area contributed by atoms with Crippen LogP contribution < -0.4 is 5.32 Å². The van der Waals surface area contributed by atoms with Crippen molar-refractivity contribution in [2.45, 2.75) is 37.8 Å². The third-order valence-electron chi connectivity index (χ3n) is 4.16. The Bertz CT molecular complexity index is 579. The van der Waals surface area contributed by atoms with Crippen LogP contribution in [0.3, 0.4) is 0 Å². The van der Waals surface area contributed by atoms with Crippen LogP contribution >= 0.6 is 15.9 Å². The highest BCUT2D eigenvalue weighted by molar-refractivity contribution is 9.10. The molecule has 1 aliphatic heterocycles. The lowest BCUT2D eigenvalue weighted by Gasteiger charge is -2.39. The average molecular weight is 355 g/mol. The molecular weight excluding hydrogens is 339 g/mol. The normalized spacial score (nSPS) is 21.0. The third kappa shape index (κ3) is 2.81. The van der Waals surface area contributed by atoms with E-state index >= 15 is 0 Å². The lowest BCUT2D eigenvalue weighted by Crippen LogP contribution is -2.65. The van der Waals surface area contributed by atoms with E-state index in [1.807, 2.05) is 0 Å². The maximum atomic E-state index is 13.4. The molecular formula is C15H16BrFN2O2. The van der Waals surface area contributed by atoms with Crippen molar-refractivity contribution in [3.8, 4) is 0 Å². The zero-order valence-electron chi connectivity index (χ0n) is 11.5. The van der Waals surface area contributed by atoms with Crippen molar-refractivity contribution in [1.29, 1.82) is 0 Å². The Morgan fingerprint density at radius 3 is 2.62 bits per heavy atom. The van der Waals surface area contributed by atoms with E-state index in [0.717, 1.165) is 12.8 Å². The molecule has 1 aliphatic carbocycles. The van der Waals surface area contributed by atoms with Crippen LogP contribution in [0.15, 0.2) is 22.7 Å². The molecule has 1 spiro atoms. The summed E-state index contributed by atoms with van der Waals surface area (Å²) in [4.78, 5) is 26.1. The molecule has 2 amide bonds. The van der Waals surface area contributed by atoms with Crippen molar-refractivity contribution >= 4 is 27.7 Å². The monoisotopic (exact) mass is 354 g/mol. The molecule has 21 heavy (non-hydrogen) atoms. The van der Waals surface area contributed by atoms with Gasteiger partial charge in [0.15, 0.2) is 0 Å². The highest BCUT2D eigenvalue weighted by Gasteiger charge is 2.48. The van der Waals surface area contributed by atoms with Gasteiger partial charge >= 0.3 is 0 Å². The molecule has 0 aromatic heterocycles. The number of carbonyl (C=O) groups is 2. The highest BCUT2D eigenvalue weighted by Crippen LogP contribution is 2.33. The van der Waals surface area contributed by atoms with Crippen molar-refractivity contribution in [1.82, 2.24) is 10.2 Å². The van der Waals surface area contributed by atoms with Gasteiger partial charge in [-0.25, -0.2) is 4.39 Å². The Hall–Kier alpha value is -1.43. The van der Waals surface area contributed by atoms with E-state index in [1.165, 1.54) is 17.0 Å². The first-order chi connectivity index (χ1) is 9.98. The van der Waals surface area contributed by atoms with Crippen LogP contribution in [-0.2, 0) is 16.1 Å². The fourth-order valence-electron chi connectivity index (χ4n) is 3.28. The van der Waals surface area contributed by atoms with E-state index in [1.54, 1.807) is 6.07 Å². The summed E-state index contributed by atoms with van der Waals surface area (Å²) < 4.78 is 14.1. The van der Waals surface area contributed by atoms with Crippen LogP contribution in [0.2, 0.25) is 0 Å². The molecule has 4 nitrogen and oxygen atoms in total. The van der Waals surface area contributed by atoms with Crippen LogP contribution in [0.4, 0.5) is 4.39 Å². The summed E-state index contributed by atoms with van der Waals surface area (Å²) in [6, 6.07) is 4.53. The minimum Gasteiger partial charge on any atom is -0.340 e. The van der Waals surface area contributed by atoms with Gasteiger partial charge in [0.1, 0.15) is 11.4 Å². The number of rotatable bonds is 2. The van der Waals surface area contributed by atoms with Gasteiger partial charge in [-0.05, 0) is 36.6 Å². The molecule has 1 heterocycles. The Morgan fingerprint density at radius 2 is 1.95 bits per heavy atom. The first kappa shape index (κ1) is 14.5. The topological polar surface area (TPSA) is 49.4 Å². The summed E-state index contributed by atoms with van der Waals surface area (Å²) in [5.41, 5.74) is -0.0436. The molecule has 3 rings (SSSR count). The number of halogens is 2. The fourth-order valence-corrected chi connectivity index (χ4v) is 3.79. The van der Waals surface area contributed by atoms with Crippen molar-refractivity contribution in [3.05, 3.63) is 34.1 Å². The van der Waals surface area contributed by atoms with Crippen molar-refractivity contribution in [2.24, 2.45) is 0 Å². The molecule has 0 radical (unpaired) electrons. The van der Waals surface area contributed by atoms with Gasteiger partial charge in [-0.3, -0.25) is 9.59 Å². The molecule has 0 unspecified atom stereocenters. The molecule has 6 heteroatoms. The van der Waals surface area contributed by atoms with Crippen molar-refractivity contribution in [2.75, 3.05) is 6.54 Å². The number of hydrogen-bond donors (Lipinski definition) is 1. The Morgan fingerprint density at radius 1 is 1.24 bits per heavy atom. The minimum absolute atomic E-state index is 0.0364. The van der Waals surface area contributed by atoms with E-state index in [4.69, 9.17) is 0 Å². The number of piperazine rings is 1. The fraction of sp³-hybridized carbons (Fsp3) is 0.467. The summed E-state index contributed by atoms with van der Waals surface area (Å²) in [5.74, 6) is -0.532. The quantitative estimate of drug-likeness (QED) is 0.886. The minimum atomic E-state index is -0.722. The largest absolute Gasteiger partial charge is 0.340 e. The Balaban J connectivity index is 1.83. The van der Waals surface area contributed by atoms with Gasteiger partial charge in [0.05, 0.1) is 6.54 Å². The van der Waals surface area contributed by atoms with Crippen molar-refractivity contribution < 1.29 is 14.0 Å². The standard InChI is InChI=1S/C15H16BrFN2O2/c16-11-5-10(6-12(17)7-11)8-19-9-13(20)18-15(14(19)21)3-1-2-4-15/h5-7H,1-4,8-9H2,(H,18,20). The lowest BCUT2D eigenvalue weighted by molar-refractivity contribution is -0.150. The maximum absolute atomic E-state index is 13.4. The maximum Gasteiger partial charge on any atom is 0.249 e. The van der Waals surface area contributed by atoms with Gasteiger partial charge in [0, 0.05) is 11.0 Å². The number of carbonyl (C=O) groups excluding carboxylic acids is 2. The molecule has 112 valence electrons. The van der Waals surface area contributed by atoms with Crippen LogP contribution in [0, 0.1) is 5.82 Å². The number of benzene rings is 1. The van der Waals surface area contributed by atoms with Gasteiger partial charge in [0.25, 0.3) is 0 Å². The predicted molar refractivity (Wildman–Crippen MR) is 78.9 cm³/mol. The number of hydrogen-bond acceptors (Lipinski definition) is 2. The van der Waals surface area contributed by atoms with Crippen molar-refractivity contribution in [3.63, 3.8) is 0 Å². The number of nitrogens with zero attached hydrogens (tertiary/aromatic N) is 1. The molecule has 2 aliphatic rings. The lowest BCUT2D eigenvalue weighted by atomic mass is 9.93. The summed E-state index contributed by atoms with van der Waals surface area (Å²) in [7, 11) is 0. The SMILES string of the molecule is O=C1CN(Cc2cc(F)cc(Br)c2)C(=O)C2(CCCC2)N1. The molecule has 0 atom stereocenters. The first-order valence-corrected chi connectivity index (χ1v) is 7.83. The zero-order valence-corrected chi connectivity index (χ0v) is 13.1. The van der Waals surface area contributed by atoms with Crippen LogP contribution in [-0.4, -0.2) is 28.8 Å².